The summed E-state index contributed by atoms with van der Waals surface area (Å²) < 4.78 is 6.56. The summed E-state index contributed by atoms with van der Waals surface area (Å²) in [6.45, 7) is 6.44. The van der Waals surface area contributed by atoms with Gasteiger partial charge in [0.1, 0.15) is 11.3 Å². The third kappa shape index (κ3) is 3.94. The first-order valence-electron chi connectivity index (χ1n) is 7.59. The van der Waals surface area contributed by atoms with E-state index in [1.807, 2.05) is 19.9 Å². The summed E-state index contributed by atoms with van der Waals surface area (Å²) in [5.41, 5.74) is 1.52. The van der Waals surface area contributed by atoms with E-state index in [0.29, 0.717) is 6.54 Å². The molecule has 0 aromatic carbocycles. The number of pyridine rings is 1. The molecule has 0 bridgehead atoms. The highest BCUT2D eigenvalue weighted by molar-refractivity contribution is 6.06. The number of nitrogens with one attached hydrogen (secondary N) is 1. The van der Waals surface area contributed by atoms with Crippen molar-refractivity contribution in [2.24, 2.45) is 0 Å². The Bertz CT molecular complexity index is 709. The molecule has 0 radical (unpaired) electrons. The number of nitrogens with zero attached hydrogens (tertiary/aromatic N) is 3. The number of amides is 1. The quantitative estimate of drug-likeness (QED) is 0.826. The second kappa shape index (κ2) is 7.53. The molecule has 0 atom stereocenters. The zero-order chi connectivity index (χ0) is 16.8. The Labute approximate surface area is 134 Å². The molecule has 0 saturated heterocycles. The average molecular weight is 316 g/mol. The van der Waals surface area contributed by atoms with Crippen LogP contribution in [0, 0.1) is 0 Å². The van der Waals surface area contributed by atoms with Gasteiger partial charge in [-0.05, 0) is 38.0 Å². The van der Waals surface area contributed by atoms with Gasteiger partial charge in [0, 0.05) is 18.9 Å². The molecule has 2 rings (SSSR count). The van der Waals surface area contributed by atoms with Crippen LogP contribution in [0.4, 0.5) is 5.82 Å². The maximum atomic E-state index is 12.3. The fourth-order valence-corrected chi connectivity index (χ4v) is 2.02. The van der Waals surface area contributed by atoms with Crippen molar-refractivity contribution in [3.8, 4) is 0 Å². The number of ether oxygens (including phenoxy) is 1. The van der Waals surface area contributed by atoms with Gasteiger partial charge in [-0.25, -0.2) is 4.79 Å². The first kappa shape index (κ1) is 16.7. The van der Waals surface area contributed by atoms with Crippen molar-refractivity contribution in [3.05, 3.63) is 41.3 Å². The van der Waals surface area contributed by atoms with Crippen molar-refractivity contribution >= 4 is 17.7 Å². The predicted octanol–water partition coefficient (Wildman–Crippen LogP) is 2.29. The van der Waals surface area contributed by atoms with E-state index in [4.69, 9.17) is 4.74 Å². The smallest absolute Gasteiger partial charge is 0.343 e. The van der Waals surface area contributed by atoms with Gasteiger partial charge >= 0.3 is 5.97 Å². The van der Waals surface area contributed by atoms with Crippen LogP contribution < -0.4 is 5.32 Å². The lowest BCUT2D eigenvalue weighted by atomic mass is 10.2. The Morgan fingerprint density at radius 2 is 2.09 bits per heavy atom. The molecule has 0 aliphatic rings. The van der Waals surface area contributed by atoms with E-state index in [2.05, 4.69) is 15.4 Å². The van der Waals surface area contributed by atoms with Crippen LogP contribution in [-0.4, -0.2) is 33.2 Å². The van der Waals surface area contributed by atoms with Crippen LogP contribution >= 0.6 is 0 Å². The SMILES string of the molecule is CCOC(=O)c1cn(CC)nc1NC(=O)c1cc(CC)ccn1. The van der Waals surface area contributed by atoms with Gasteiger partial charge in [0.2, 0.25) is 0 Å². The highest BCUT2D eigenvalue weighted by atomic mass is 16.5. The summed E-state index contributed by atoms with van der Waals surface area (Å²) >= 11 is 0. The van der Waals surface area contributed by atoms with Crippen LogP contribution in [-0.2, 0) is 17.7 Å². The van der Waals surface area contributed by atoms with Crippen molar-refractivity contribution in [1.29, 1.82) is 0 Å². The van der Waals surface area contributed by atoms with E-state index in [1.165, 1.54) is 0 Å². The van der Waals surface area contributed by atoms with Crippen molar-refractivity contribution in [3.63, 3.8) is 0 Å². The van der Waals surface area contributed by atoms with E-state index < -0.39 is 11.9 Å². The van der Waals surface area contributed by atoms with Crippen LogP contribution in [0.15, 0.2) is 24.5 Å². The van der Waals surface area contributed by atoms with Crippen LogP contribution in [0.2, 0.25) is 0 Å². The predicted molar refractivity (Wildman–Crippen MR) is 85.4 cm³/mol. The summed E-state index contributed by atoms with van der Waals surface area (Å²) in [5.74, 6) is -0.746. The van der Waals surface area contributed by atoms with Gasteiger partial charge in [-0.3, -0.25) is 14.5 Å². The fraction of sp³-hybridized carbons (Fsp3) is 0.375. The maximum absolute atomic E-state index is 12.3. The maximum Gasteiger partial charge on any atom is 0.343 e. The monoisotopic (exact) mass is 316 g/mol. The van der Waals surface area contributed by atoms with E-state index in [0.717, 1.165) is 12.0 Å². The van der Waals surface area contributed by atoms with E-state index in [-0.39, 0.29) is 23.7 Å². The molecule has 2 aromatic heterocycles. The second-order valence-electron chi connectivity index (χ2n) is 4.82. The zero-order valence-electron chi connectivity index (χ0n) is 13.5. The average Bonchev–Trinajstić information content (AvgIpc) is 2.98. The lowest BCUT2D eigenvalue weighted by Gasteiger charge is -2.05. The fourth-order valence-electron chi connectivity index (χ4n) is 2.02. The molecular weight excluding hydrogens is 296 g/mol. The Hall–Kier alpha value is -2.70. The number of carbonyl (C=O) groups is 2. The van der Waals surface area contributed by atoms with Crippen molar-refractivity contribution in [2.75, 3.05) is 11.9 Å². The van der Waals surface area contributed by atoms with Crippen molar-refractivity contribution < 1.29 is 14.3 Å². The third-order valence-corrected chi connectivity index (χ3v) is 3.28. The minimum Gasteiger partial charge on any atom is -0.462 e. The van der Waals surface area contributed by atoms with Gasteiger partial charge in [0.25, 0.3) is 5.91 Å². The number of hydrogen-bond donors (Lipinski definition) is 1. The van der Waals surface area contributed by atoms with Gasteiger partial charge in [0.05, 0.1) is 6.61 Å². The van der Waals surface area contributed by atoms with Gasteiger partial charge in [0.15, 0.2) is 5.82 Å². The van der Waals surface area contributed by atoms with Gasteiger partial charge < -0.3 is 10.1 Å². The van der Waals surface area contributed by atoms with Crippen LogP contribution in [0.3, 0.4) is 0 Å². The van der Waals surface area contributed by atoms with Crippen molar-refractivity contribution in [1.82, 2.24) is 14.8 Å². The highest BCUT2D eigenvalue weighted by Crippen LogP contribution is 2.16. The molecule has 7 heteroatoms. The molecule has 122 valence electrons. The molecule has 0 aliphatic carbocycles. The molecule has 0 unspecified atom stereocenters. The van der Waals surface area contributed by atoms with Gasteiger partial charge in [-0.1, -0.05) is 6.92 Å². The topological polar surface area (TPSA) is 86.1 Å². The Balaban J connectivity index is 2.25. The standard InChI is InChI=1S/C16H20N4O3/c1-4-11-7-8-17-13(9-11)15(21)18-14-12(16(22)23-6-3)10-20(5-2)19-14/h7-10H,4-6H2,1-3H3,(H,18,19,21). The zero-order valence-corrected chi connectivity index (χ0v) is 13.5. The summed E-state index contributed by atoms with van der Waals surface area (Å²) in [6, 6.07) is 3.57. The van der Waals surface area contributed by atoms with Crippen molar-refractivity contribution in [2.45, 2.75) is 33.7 Å². The van der Waals surface area contributed by atoms with Crippen LogP contribution in [0.5, 0.6) is 0 Å². The minimum atomic E-state index is -0.516. The Morgan fingerprint density at radius 1 is 1.30 bits per heavy atom. The normalized spacial score (nSPS) is 10.4. The number of rotatable bonds is 6. The Morgan fingerprint density at radius 3 is 2.74 bits per heavy atom. The summed E-state index contributed by atoms with van der Waals surface area (Å²) in [5, 5.41) is 6.83. The van der Waals surface area contributed by atoms with E-state index >= 15 is 0 Å². The molecule has 0 fully saturated rings. The summed E-state index contributed by atoms with van der Waals surface area (Å²) in [6.07, 6.45) is 3.95. The van der Waals surface area contributed by atoms with Crippen LogP contribution in [0.1, 0.15) is 47.2 Å². The molecule has 2 aromatic rings. The molecular formula is C16H20N4O3. The third-order valence-electron chi connectivity index (χ3n) is 3.28. The first-order valence-corrected chi connectivity index (χ1v) is 7.59. The largest absolute Gasteiger partial charge is 0.462 e. The minimum absolute atomic E-state index is 0.180. The highest BCUT2D eigenvalue weighted by Gasteiger charge is 2.20. The van der Waals surface area contributed by atoms with E-state index in [9.17, 15) is 9.59 Å². The number of anilines is 1. The molecule has 0 saturated carbocycles. The molecule has 0 spiro atoms. The molecule has 1 N–H and O–H groups in total. The second-order valence-corrected chi connectivity index (χ2v) is 4.82. The number of aromatic nitrogens is 3. The number of esters is 1. The number of hydrogen-bond acceptors (Lipinski definition) is 5. The number of carbonyl (C=O) groups excluding carboxylic acids is 2. The lowest BCUT2D eigenvalue weighted by molar-refractivity contribution is 0.0527. The van der Waals surface area contributed by atoms with Gasteiger partial charge in [-0.2, -0.15) is 5.10 Å². The summed E-state index contributed by atoms with van der Waals surface area (Å²) in [4.78, 5) is 28.4. The first-order chi connectivity index (χ1) is 11.1. The lowest BCUT2D eigenvalue weighted by Crippen LogP contribution is -2.17. The van der Waals surface area contributed by atoms with Crippen LogP contribution in [0.25, 0.3) is 0 Å². The molecule has 23 heavy (non-hydrogen) atoms. The van der Waals surface area contributed by atoms with E-state index in [1.54, 1.807) is 30.1 Å². The number of aryl methyl sites for hydroxylation is 2. The molecule has 1 amide bonds. The molecule has 2 heterocycles. The molecule has 0 aliphatic heterocycles. The molecule has 7 nitrogen and oxygen atoms in total. The van der Waals surface area contributed by atoms with Gasteiger partial charge in [-0.15, -0.1) is 0 Å². The summed E-state index contributed by atoms with van der Waals surface area (Å²) in [7, 11) is 0. The Kier molecular flexibility index (Phi) is 5.46.